The van der Waals surface area contributed by atoms with Crippen LogP contribution in [0.3, 0.4) is 0 Å². The fraction of sp³-hybridized carbons (Fsp3) is 0.417. The minimum absolute atomic E-state index is 0.0155. The Morgan fingerprint density at radius 2 is 1.38 bits per heavy atom. The van der Waals surface area contributed by atoms with Gasteiger partial charge in [-0.3, -0.25) is 0 Å². The second-order valence-corrected chi connectivity index (χ2v) is 9.34. The van der Waals surface area contributed by atoms with E-state index >= 15 is 0 Å². The van der Waals surface area contributed by atoms with Crippen molar-refractivity contribution in [1.29, 1.82) is 0 Å². The predicted molar refractivity (Wildman–Crippen MR) is 112 cm³/mol. The Labute approximate surface area is 158 Å². The molecule has 2 aromatic rings. The van der Waals surface area contributed by atoms with Gasteiger partial charge in [0, 0.05) is 33.6 Å². The van der Waals surface area contributed by atoms with Crippen molar-refractivity contribution in [2.45, 2.75) is 60.0 Å². The van der Waals surface area contributed by atoms with Gasteiger partial charge in [0.2, 0.25) is 0 Å². The number of aryl methyl sites for hydroxylation is 1. The number of benzene rings is 2. The average molecular weight is 347 g/mol. The molecule has 2 aromatic carbocycles. The lowest BCUT2D eigenvalue weighted by Crippen LogP contribution is -2.49. The maximum Gasteiger partial charge on any atom is 0.115 e. The van der Waals surface area contributed by atoms with Gasteiger partial charge in [0.15, 0.2) is 0 Å². The second kappa shape index (κ2) is 5.39. The summed E-state index contributed by atoms with van der Waals surface area (Å²) in [6.07, 6.45) is 0.265. The molecule has 0 aliphatic carbocycles. The van der Waals surface area contributed by atoms with Crippen molar-refractivity contribution < 1.29 is 0 Å². The molecule has 1 atom stereocenters. The number of para-hydroxylation sites is 2. The molecule has 136 valence electrons. The molecule has 2 aliphatic heterocycles. The molecular formula is C24H30N2. The number of anilines is 2. The van der Waals surface area contributed by atoms with Crippen molar-refractivity contribution >= 4 is 11.4 Å². The maximum atomic E-state index is 2.61. The molecule has 0 aromatic heterocycles. The SMILES string of the molecule is CC1=C2N(c3ccccc3C2(C)C)C(C(C)(C)C)N1c1ccccc1C. The van der Waals surface area contributed by atoms with Gasteiger partial charge in [-0.1, -0.05) is 71.0 Å². The van der Waals surface area contributed by atoms with Crippen molar-refractivity contribution in [3.8, 4) is 0 Å². The number of allylic oxidation sites excluding steroid dienone is 2. The topological polar surface area (TPSA) is 6.48 Å². The fourth-order valence-electron chi connectivity index (χ4n) is 4.98. The third-order valence-electron chi connectivity index (χ3n) is 6.01. The van der Waals surface area contributed by atoms with Gasteiger partial charge in [0.25, 0.3) is 0 Å². The molecule has 0 radical (unpaired) electrons. The van der Waals surface area contributed by atoms with Crippen LogP contribution in [0.15, 0.2) is 59.9 Å². The predicted octanol–water partition coefficient (Wildman–Crippen LogP) is 6.22. The van der Waals surface area contributed by atoms with Crippen molar-refractivity contribution in [1.82, 2.24) is 0 Å². The van der Waals surface area contributed by atoms with Crippen molar-refractivity contribution in [2.24, 2.45) is 5.41 Å². The Hall–Kier alpha value is -2.22. The summed E-state index contributed by atoms with van der Waals surface area (Å²) < 4.78 is 0. The number of nitrogens with zero attached hydrogens (tertiary/aromatic N) is 2. The van der Waals surface area contributed by atoms with Crippen LogP contribution in [0.1, 0.15) is 52.7 Å². The molecule has 0 spiro atoms. The lowest BCUT2D eigenvalue weighted by molar-refractivity contribution is 0.322. The highest BCUT2D eigenvalue weighted by atomic mass is 15.4. The first kappa shape index (κ1) is 17.2. The molecule has 0 fully saturated rings. The smallest absolute Gasteiger partial charge is 0.115 e. The largest absolute Gasteiger partial charge is 0.322 e. The quantitative estimate of drug-likeness (QED) is 0.605. The molecule has 26 heavy (non-hydrogen) atoms. The van der Waals surface area contributed by atoms with Gasteiger partial charge in [-0.25, -0.2) is 0 Å². The van der Waals surface area contributed by atoms with Crippen LogP contribution < -0.4 is 9.80 Å². The van der Waals surface area contributed by atoms with Crippen molar-refractivity contribution in [2.75, 3.05) is 9.80 Å². The molecule has 0 amide bonds. The highest BCUT2D eigenvalue weighted by molar-refractivity contribution is 5.78. The van der Waals surface area contributed by atoms with E-state index in [-0.39, 0.29) is 17.0 Å². The number of hydrogen-bond donors (Lipinski definition) is 0. The molecule has 0 bridgehead atoms. The summed E-state index contributed by atoms with van der Waals surface area (Å²) in [5.41, 5.74) is 8.38. The summed E-state index contributed by atoms with van der Waals surface area (Å²) in [7, 11) is 0. The zero-order chi connectivity index (χ0) is 18.9. The first-order chi connectivity index (χ1) is 12.2. The third kappa shape index (κ3) is 2.17. The Morgan fingerprint density at radius 3 is 2.00 bits per heavy atom. The Balaban J connectivity index is 2.00. The molecular weight excluding hydrogens is 316 g/mol. The van der Waals surface area contributed by atoms with Crippen molar-refractivity contribution in [3.63, 3.8) is 0 Å². The van der Waals surface area contributed by atoms with Crippen LogP contribution in [0.2, 0.25) is 0 Å². The number of rotatable bonds is 1. The third-order valence-corrected chi connectivity index (χ3v) is 6.01. The lowest BCUT2D eigenvalue weighted by Gasteiger charge is -2.42. The van der Waals surface area contributed by atoms with E-state index in [1.807, 2.05) is 0 Å². The monoisotopic (exact) mass is 346 g/mol. The second-order valence-electron chi connectivity index (χ2n) is 9.34. The normalized spacial score (nSPS) is 21.3. The summed E-state index contributed by atoms with van der Waals surface area (Å²) in [5, 5.41) is 0. The van der Waals surface area contributed by atoms with Crippen LogP contribution in [0.4, 0.5) is 11.4 Å². The Morgan fingerprint density at radius 1 is 0.808 bits per heavy atom. The highest BCUT2D eigenvalue weighted by Crippen LogP contribution is 2.56. The van der Waals surface area contributed by atoms with Gasteiger partial charge in [-0.2, -0.15) is 0 Å². The van der Waals surface area contributed by atoms with Gasteiger partial charge in [0.05, 0.1) is 0 Å². The standard InChI is InChI=1S/C24H30N2/c1-16-12-8-10-14-19(16)25-17(2)21-24(6,7)18-13-9-11-15-20(18)26(21)22(25)23(3,4)5/h8-15,22H,1-7H3. The van der Waals surface area contributed by atoms with Crippen LogP contribution >= 0.6 is 0 Å². The summed E-state index contributed by atoms with van der Waals surface area (Å²) in [4.78, 5) is 5.18. The highest BCUT2D eigenvalue weighted by Gasteiger charge is 2.53. The molecule has 2 heterocycles. The van der Waals surface area contributed by atoms with E-state index < -0.39 is 0 Å². The minimum atomic E-state index is 0.0155. The van der Waals surface area contributed by atoms with Gasteiger partial charge in [0.1, 0.15) is 6.17 Å². The first-order valence-electron chi connectivity index (χ1n) is 9.60. The van der Waals surface area contributed by atoms with E-state index in [1.165, 1.54) is 33.9 Å². The molecule has 2 aliphatic rings. The molecule has 0 N–H and O–H groups in total. The van der Waals surface area contributed by atoms with E-state index in [0.29, 0.717) is 0 Å². The Bertz CT molecular complexity index is 898. The molecule has 4 rings (SSSR count). The van der Waals surface area contributed by atoms with Crippen LogP contribution in [-0.4, -0.2) is 6.17 Å². The zero-order valence-electron chi connectivity index (χ0n) is 17.1. The van der Waals surface area contributed by atoms with Crippen LogP contribution in [0.25, 0.3) is 0 Å². The van der Waals surface area contributed by atoms with Gasteiger partial charge >= 0.3 is 0 Å². The maximum absolute atomic E-state index is 2.61. The minimum Gasteiger partial charge on any atom is -0.322 e. The van der Waals surface area contributed by atoms with E-state index in [1.54, 1.807) is 0 Å². The van der Waals surface area contributed by atoms with E-state index in [2.05, 4.69) is 107 Å². The van der Waals surface area contributed by atoms with Crippen LogP contribution in [0.5, 0.6) is 0 Å². The van der Waals surface area contributed by atoms with Crippen LogP contribution in [0, 0.1) is 12.3 Å². The van der Waals surface area contributed by atoms with E-state index in [4.69, 9.17) is 0 Å². The fourth-order valence-corrected chi connectivity index (χ4v) is 4.98. The molecule has 1 unspecified atom stereocenters. The molecule has 0 saturated carbocycles. The zero-order valence-corrected chi connectivity index (χ0v) is 17.1. The summed E-state index contributed by atoms with van der Waals surface area (Å²) in [6.45, 7) is 16.3. The number of fused-ring (bicyclic) bond motifs is 3. The average Bonchev–Trinajstić information content (AvgIpc) is 3.00. The van der Waals surface area contributed by atoms with Crippen LogP contribution in [-0.2, 0) is 5.41 Å². The van der Waals surface area contributed by atoms with Gasteiger partial charge < -0.3 is 9.80 Å². The molecule has 0 saturated heterocycles. The van der Waals surface area contributed by atoms with E-state index in [9.17, 15) is 0 Å². The van der Waals surface area contributed by atoms with Gasteiger partial charge in [-0.15, -0.1) is 0 Å². The number of hydrogen-bond acceptors (Lipinski definition) is 2. The van der Waals surface area contributed by atoms with Crippen molar-refractivity contribution in [3.05, 3.63) is 71.1 Å². The Kier molecular flexibility index (Phi) is 3.57. The molecule has 2 heteroatoms. The molecule has 2 nitrogen and oxygen atoms in total. The first-order valence-corrected chi connectivity index (χ1v) is 9.60. The van der Waals surface area contributed by atoms with Gasteiger partial charge in [-0.05, 0) is 37.1 Å². The summed E-state index contributed by atoms with van der Waals surface area (Å²) >= 11 is 0. The van der Waals surface area contributed by atoms with E-state index in [0.717, 1.165) is 0 Å². The summed E-state index contributed by atoms with van der Waals surface area (Å²) in [5.74, 6) is 0. The lowest BCUT2D eigenvalue weighted by atomic mass is 9.83. The summed E-state index contributed by atoms with van der Waals surface area (Å²) in [6, 6.07) is 17.7.